The van der Waals surface area contributed by atoms with Crippen molar-refractivity contribution in [2.45, 2.75) is 40.2 Å². The van der Waals surface area contributed by atoms with Crippen LogP contribution in [0, 0.1) is 22.7 Å². The molecular formula is C12H23N3O. The third-order valence-corrected chi connectivity index (χ3v) is 2.70. The van der Waals surface area contributed by atoms with Gasteiger partial charge in [-0.2, -0.15) is 5.26 Å². The molecule has 0 saturated carbocycles. The first-order chi connectivity index (χ1) is 7.18. The maximum absolute atomic E-state index is 11.8. The lowest BCUT2D eigenvalue weighted by atomic mass is 9.85. The highest BCUT2D eigenvalue weighted by atomic mass is 16.2. The van der Waals surface area contributed by atoms with Crippen molar-refractivity contribution >= 4 is 5.91 Å². The monoisotopic (exact) mass is 225 g/mol. The van der Waals surface area contributed by atoms with E-state index in [1.165, 1.54) is 0 Å². The number of nitrogens with two attached hydrogens (primary N) is 1. The Morgan fingerprint density at radius 2 is 2.00 bits per heavy atom. The summed E-state index contributed by atoms with van der Waals surface area (Å²) in [5, 5.41) is 8.66. The van der Waals surface area contributed by atoms with E-state index in [-0.39, 0.29) is 23.3 Å². The largest absolute Gasteiger partial charge is 0.344 e. The molecule has 0 saturated heterocycles. The standard InChI is InChI=1S/C12H23N3O/c1-9(7-13)8-15(5)11(16)6-10(14)12(2,3)4/h9-10H,6,8,14H2,1-5H3. The van der Waals surface area contributed by atoms with E-state index in [1.54, 1.807) is 18.9 Å². The second-order valence-electron chi connectivity index (χ2n) is 5.48. The summed E-state index contributed by atoms with van der Waals surface area (Å²) >= 11 is 0. The lowest BCUT2D eigenvalue weighted by Crippen LogP contribution is -2.41. The molecule has 0 radical (unpaired) electrons. The fraction of sp³-hybridized carbons (Fsp3) is 0.833. The lowest BCUT2D eigenvalue weighted by Gasteiger charge is -2.28. The van der Waals surface area contributed by atoms with Crippen LogP contribution >= 0.6 is 0 Å². The average Bonchev–Trinajstić information content (AvgIpc) is 2.15. The Kier molecular flexibility index (Phi) is 5.46. The maximum atomic E-state index is 11.8. The Morgan fingerprint density at radius 3 is 2.38 bits per heavy atom. The summed E-state index contributed by atoms with van der Waals surface area (Å²) in [7, 11) is 1.71. The molecular weight excluding hydrogens is 202 g/mol. The predicted octanol–water partition coefficient (Wildman–Crippen LogP) is 1.37. The van der Waals surface area contributed by atoms with Gasteiger partial charge in [0.25, 0.3) is 0 Å². The van der Waals surface area contributed by atoms with Crippen molar-refractivity contribution in [1.29, 1.82) is 5.26 Å². The van der Waals surface area contributed by atoms with Crippen LogP contribution < -0.4 is 5.73 Å². The Hall–Kier alpha value is -1.08. The molecule has 0 heterocycles. The van der Waals surface area contributed by atoms with E-state index in [0.717, 1.165) is 0 Å². The first kappa shape index (κ1) is 14.9. The van der Waals surface area contributed by atoms with Gasteiger partial charge in [-0.1, -0.05) is 20.8 Å². The Balaban J connectivity index is 4.22. The molecule has 2 unspecified atom stereocenters. The van der Waals surface area contributed by atoms with E-state index in [2.05, 4.69) is 6.07 Å². The molecule has 0 aliphatic rings. The molecule has 4 heteroatoms. The van der Waals surface area contributed by atoms with Gasteiger partial charge in [0.2, 0.25) is 5.91 Å². The molecule has 0 aliphatic heterocycles. The van der Waals surface area contributed by atoms with Crippen molar-refractivity contribution in [3.63, 3.8) is 0 Å². The molecule has 0 bridgehead atoms. The van der Waals surface area contributed by atoms with Crippen molar-refractivity contribution in [2.24, 2.45) is 17.1 Å². The number of amides is 1. The Bertz CT molecular complexity index is 275. The normalized spacial score (nSPS) is 15.1. The van der Waals surface area contributed by atoms with Gasteiger partial charge in [0.15, 0.2) is 0 Å². The van der Waals surface area contributed by atoms with E-state index >= 15 is 0 Å². The molecule has 2 atom stereocenters. The molecule has 0 spiro atoms. The number of hydrogen-bond donors (Lipinski definition) is 1. The van der Waals surface area contributed by atoms with Crippen LogP contribution in [0.5, 0.6) is 0 Å². The molecule has 0 aliphatic carbocycles. The van der Waals surface area contributed by atoms with E-state index in [1.807, 2.05) is 20.8 Å². The van der Waals surface area contributed by atoms with Crippen molar-refractivity contribution in [1.82, 2.24) is 4.90 Å². The summed E-state index contributed by atoms with van der Waals surface area (Å²) in [5.41, 5.74) is 5.87. The smallest absolute Gasteiger partial charge is 0.223 e. The minimum atomic E-state index is -0.153. The fourth-order valence-corrected chi connectivity index (χ4v) is 1.20. The van der Waals surface area contributed by atoms with Gasteiger partial charge < -0.3 is 10.6 Å². The van der Waals surface area contributed by atoms with Crippen LogP contribution in [0.1, 0.15) is 34.1 Å². The van der Waals surface area contributed by atoms with Gasteiger partial charge in [-0.05, 0) is 12.3 Å². The molecule has 2 N–H and O–H groups in total. The van der Waals surface area contributed by atoms with E-state index < -0.39 is 0 Å². The fourth-order valence-electron chi connectivity index (χ4n) is 1.20. The van der Waals surface area contributed by atoms with Gasteiger partial charge in [-0.3, -0.25) is 4.79 Å². The quantitative estimate of drug-likeness (QED) is 0.785. The topological polar surface area (TPSA) is 70.1 Å². The number of nitriles is 1. The van der Waals surface area contributed by atoms with Gasteiger partial charge in [-0.25, -0.2) is 0 Å². The summed E-state index contributed by atoms with van der Waals surface area (Å²) < 4.78 is 0. The van der Waals surface area contributed by atoms with Crippen molar-refractivity contribution < 1.29 is 4.79 Å². The zero-order valence-corrected chi connectivity index (χ0v) is 10.9. The van der Waals surface area contributed by atoms with Gasteiger partial charge in [0, 0.05) is 26.1 Å². The van der Waals surface area contributed by atoms with Crippen LogP contribution in [0.3, 0.4) is 0 Å². The SMILES string of the molecule is CC(C#N)CN(C)C(=O)CC(N)C(C)(C)C. The average molecular weight is 225 g/mol. The van der Waals surface area contributed by atoms with E-state index in [9.17, 15) is 4.79 Å². The highest BCUT2D eigenvalue weighted by molar-refractivity contribution is 5.76. The molecule has 16 heavy (non-hydrogen) atoms. The van der Waals surface area contributed by atoms with Crippen LogP contribution in [0.4, 0.5) is 0 Å². The molecule has 0 aromatic rings. The summed E-state index contributed by atoms with van der Waals surface area (Å²) in [6.45, 7) is 8.31. The van der Waals surface area contributed by atoms with Gasteiger partial charge in [-0.15, -0.1) is 0 Å². The van der Waals surface area contributed by atoms with Crippen molar-refractivity contribution in [2.75, 3.05) is 13.6 Å². The van der Waals surface area contributed by atoms with Crippen LogP contribution in [0.15, 0.2) is 0 Å². The maximum Gasteiger partial charge on any atom is 0.223 e. The molecule has 0 aromatic carbocycles. The van der Waals surface area contributed by atoms with Crippen LogP contribution in [-0.4, -0.2) is 30.4 Å². The predicted molar refractivity (Wildman–Crippen MR) is 64.5 cm³/mol. The molecule has 92 valence electrons. The number of hydrogen-bond acceptors (Lipinski definition) is 3. The number of carbonyl (C=O) groups is 1. The van der Waals surface area contributed by atoms with Gasteiger partial charge >= 0.3 is 0 Å². The summed E-state index contributed by atoms with van der Waals surface area (Å²) in [6, 6.07) is 1.96. The Labute approximate surface area is 98.4 Å². The second-order valence-corrected chi connectivity index (χ2v) is 5.48. The van der Waals surface area contributed by atoms with Crippen LogP contribution in [0.2, 0.25) is 0 Å². The molecule has 0 aromatic heterocycles. The highest BCUT2D eigenvalue weighted by Gasteiger charge is 2.24. The number of nitrogens with zero attached hydrogens (tertiary/aromatic N) is 2. The van der Waals surface area contributed by atoms with Gasteiger partial charge in [0.05, 0.1) is 12.0 Å². The zero-order valence-electron chi connectivity index (χ0n) is 10.9. The van der Waals surface area contributed by atoms with Gasteiger partial charge in [0.1, 0.15) is 0 Å². The molecule has 4 nitrogen and oxygen atoms in total. The van der Waals surface area contributed by atoms with E-state index in [4.69, 9.17) is 11.0 Å². The Morgan fingerprint density at radius 1 is 1.50 bits per heavy atom. The van der Waals surface area contributed by atoms with Crippen molar-refractivity contribution in [3.05, 3.63) is 0 Å². The minimum absolute atomic E-state index is 0.00419. The first-order valence-electron chi connectivity index (χ1n) is 5.57. The van der Waals surface area contributed by atoms with Crippen molar-refractivity contribution in [3.8, 4) is 6.07 Å². The number of rotatable bonds is 4. The minimum Gasteiger partial charge on any atom is -0.344 e. The molecule has 1 amide bonds. The van der Waals surface area contributed by atoms with Crippen LogP contribution in [0.25, 0.3) is 0 Å². The third-order valence-electron chi connectivity index (χ3n) is 2.70. The third kappa shape index (κ3) is 5.13. The lowest BCUT2D eigenvalue weighted by molar-refractivity contribution is -0.131. The highest BCUT2D eigenvalue weighted by Crippen LogP contribution is 2.20. The summed E-state index contributed by atoms with van der Waals surface area (Å²) in [6.07, 6.45) is 0.331. The summed E-state index contributed by atoms with van der Waals surface area (Å²) in [5.74, 6) is -0.135. The number of carbonyl (C=O) groups excluding carboxylic acids is 1. The zero-order chi connectivity index (χ0) is 12.9. The van der Waals surface area contributed by atoms with Crippen LogP contribution in [-0.2, 0) is 4.79 Å². The second kappa shape index (κ2) is 5.86. The molecule has 0 fully saturated rings. The van der Waals surface area contributed by atoms with E-state index in [0.29, 0.717) is 13.0 Å². The molecule has 0 rings (SSSR count). The summed E-state index contributed by atoms with van der Waals surface area (Å²) in [4.78, 5) is 13.4. The first-order valence-corrected chi connectivity index (χ1v) is 5.57.